The molecule has 0 atom stereocenters. The Hall–Kier alpha value is -1.85. The Morgan fingerprint density at radius 2 is 2.00 bits per heavy atom. The lowest BCUT2D eigenvalue weighted by molar-refractivity contribution is -0.130. The summed E-state index contributed by atoms with van der Waals surface area (Å²) in [5, 5.41) is 1.19. The average Bonchev–Trinajstić information content (AvgIpc) is 2.77. The molecule has 0 bridgehead atoms. The standard InChI is InChI=1S/C19H27N3O2/c1-20-15-16(17-6-3-4-7-18(17)20)14-19(23)22-9-5-8-21(10-11-22)12-13-24-2/h3-4,6-7,15H,5,8-14H2,1-2H3. The molecule has 130 valence electrons. The summed E-state index contributed by atoms with van der Waals surface area (Å²) in [5.41, 5.74) is 2.31. The lowest BCUT2D eigenvalue weighted by atomic mass is 10.1. The van der Waals surface area contributed by atoms with Crippen LogP contribution >= 0.6 is 0 Å². The van der Waals surface area contributed by atoms with Crippen LogP contribution in [0.25, 0.3) is 10.9 Å². The van der Waals surface area contributed by atoms with E-state index in [0.29, 0.717) is 6.42 Å². The maximum atomic E-state index is 12.8. The fourth-order valence-corrected chi connectivity index (χ4v) is 3.51. The number of ether oxygens (including phenoxy) is 1. The zero-order valence-electron chi connectivity index (χ0n) is 14.7. The number of hydrogen-bond donors (Lipinski definition) is 0. The molecule has 1 aromatic heterocycles. The van der Waals surface area contributed by atoms with Crippen LogP contribution in [0.2, 0.25) is 0 Å². The van der Waals surface area contributed by atoms with Crippen molar-refractivity contribution in [3.05, 3.63) is 36.0 Å². The van der Waals surface area contributed by atoms with E-state index in [1.165, 1.54) is 10.9 Å². The Kier molecular flexibility index (Phi) is 5.53. The minimum Gasteiger partial charge on any atom is -0.383 e. The van der Waals surface area contributed by atoms with Crippen molar-refractivity contribution in [3.8, 4) is 0 Å². The van der Waals surface area contributed by atoms with Crippen molar-refractivity contribution < 1.29 is 9.53 Å². The van der Waals surface area contributed by atoms with Gasteiger partial charge in [-0.2, -0.15) is 0 Å². The predicted octanol–water partition coefficient (Wildman–Crippen LogP) is 1.90. The minimum atomic E-state index is 0.236. The number of aromatic nitrogens is 1. The lowest BCUT2D eigenvalue weighted by Gasteiger charge is -2.21. The van der Waals surface area contributed by atoms with Crippen LogP contribution in [0, 0.1) is 0 Å². The van der Waals surface area contributed by atoms with Crippen LogP contribution in [0.4, 0.5) is 0 Å². The van der Waals surface area contributed by atoms with Crippen LogP contribution in [0.5, 0.6) is 0 Å². The van der Waals surface area contributed by atoms with Gasteiger partial charge < -0.3 is 14.2 Å². The van der Waals surface area contributed by atoms with Crippen molar-refractivity contribution in [2.75, 3.05) is 46.4 Å². The number of fused-ring (bicyclic) bond motifs is 1. The Bertz CT molecular complexity index is 695. The first-order valence-corrected chi connectivity index (χ1v) is 8.71. The molecule has 1 saturated heterocycles. The zero-order valence-corrected chi connectivity index (χ0v) is 14.7. The molecule has 5 nitrogen and oxygen atoms in total. The molecule has 0 saturated carbocycles. The van der Waals surface area contributed by atoms with E-state index in [9.17, 15) is 4.79 Å². The Balaban J connectivity index is 1.64. The number of hydrogen-bond acceptors (Lipinski definition) is 3. The number of rotatable bonds is 5. The third kappa shape index (κ3) is 3.79. The fraction of sp³-hybridized carbons (Fsp3) is 0.526. The number of amides is 1. The number of para-hydroxylation sites is 1. The molecule has 1 aromatic carbocycles. The highest BCUT2D eigenvalue weighted by Crippen LogP contribution is 2.21. The second-order valence-corrected chi connectivity index (χ2v) is 6.53. The van der Waals surface area contributed by atoms with Crippen LogP contribution in [0.1, 0.15) is 12.0 Å². The van der Waals surface area contributed by atoms with Gasteiger partial charge in [-0.15, -0.1) is 0 Å². The number of methoxy groups -OCH3 is 1. The van der Waals surface area contributed by atoms with Crippen LogP contribution in [-0.2, 0) is 23.0 Å². The van der Waals surface area contributed by atoms with Gasteiger partial charge in [0.2, 0.25) is 5.91 Å². The first-order valence-electron chi connectivity index (χ1n) is 8.71. The normalized spacial score (nSPS) is 16.5. The van der Waals surface area contributed by atoms with Crippen LogP contribution in [0.15, 0.2) is 30.5 Å². The summed E-state index contributed by atoms with van der Waals surface area (Å²) in [6.45, 7) is 5.35. The summed E-state index contributed by atoms with van der Waals surface area (Å²) >= 11 is 0. The Morgan fingerprint density at radius 3 is 2.83 bits per heavy atom. The molecule has 2 heterocycles. The van der Waals surface area contributed by atoms with Gasteiger partial charge in [0, 0.05) is 57.4 Å². The molecule has 0 radical (unpaired) electrons. The molecule has 1 aliphatic rings. The summed E-state index contributed by atoms with van der Waals surface area (Å²) in [6.07, 6.45) is 3.61. The topological polar surface area (TPSA) is 37.7 Å². The number of carbonyl (C=O) groups is 1. The van der Waals surface area contributed by atoms with Gasteiger partial charge in [0.05, 0.1) is 13.0 Å². The van der Waals surface area contributed by atoms with Crippen molar-refractivity contribution >= 4 is 16.8 Å². The maximum absolute atomic E-state index is 12.8. The molecule has 0 unspecified atom stereocenters. The molecule has 1 fully saturated rings. The lowest BCUT2D eigenvalue weighted by Crippen LogP contribution is -2.36. The summed E-state index contributed by atoms with van der Waals surface area (Å²) in [5.74, 6) is 0.236. The van der Waals surface area contributed by atoms with E-state index >= 15 is 0 Å². The van der Waals surface area contributed by atoms with Gasteiger partial charge >= 0.3 is 0 Å². The molecule has 2 aromatic rings. The van der Waals surface area contributed by atoms with Gasteiger partial charge in [-0.3, -0.25) is 9.69 Å². The van der Waals surface area contributed by atoms with E-state index in [1.807, 2.05) is 24.1 Å². The van der Waals surface area contributed by atoms with Crippen LogP contribution in [-0.4, -0.2) is 66.7 Å². The highest BCUT2D eigenvalue weighted by Gasteiger charge is 2.20. The summed E-state index contributed by atoms with van der Waals surface area (Å²) in [7, 11) is 3.77. The van der Waals surface area contributed by atoms with Crippen molar-refractivity contribution in [2.45, 2.75) is 12.8 Å². The number of nitrogens with zero attached hydrogens (tertiary/aromatic N) is 3. The van der Waals surface area contributed by atoms with E-state index in [1.54, 1.807) is 7.11 Å². The second-order valence-electron chi connectivity index (χ2n) is 6.53. The quantitative estimate of drug-likeness (QED) is 0.841. The van der Waals surface area contributed by atoms with Crippen LogP contribution < -0.4 is 0 Å². The SMILES string of the molecule is COCCN1CCCN(C(=O)Cc2cn(C)c3ccccc23)CC1. The smallest absolute Gasteiger partial charge is 0.227 e. The number of benzene rings is 1. The molecule has 24 heavy (non-hydrogen) atoms. The van der Waals surface area contributed by atoms with Crippen LogP contribution in [0.3, 0.4) is 0 Å². The van der Waals surface area contributed by atoms with Gasteiger partial charge in [-0.05, 0) is 24.6 Å². The molecule has 0 aliphatic carbocycles. The number of carbonyl (C=O) groups excluding carboxylic acids is 1. The van der Waals surface area contributed by atoms with Gasteiger partial charge in [0.15, 0.2) is 0 Å². The second kappa shape index (κ2) is 7.81. The van der Waals surface area contributed by atoms with Crippen molar-refractivity contribution in [1.82, 2.24) is 14.4 Å². The van der Waals surface area contributed by atoms with E-state index in [-0.39, 0.29) is 5.91 Å². The maximum Gasteiger partial charge on any atom is 0.227 e. The van der Waals surface area contributed by atoms with Gasteiger partial charge in [0.25, 0.3) is 0 Å². The predicted molar refractivity (Wildman–Crippen MR) is 96.1 cm³/mol. The molecule has 1 amide bonds. The molecular formula is C19H27N3O2. The molecular weight excluding hydrogens is 302 g/mol. The van der Waals surface area contributed by atoms with Crippen molar-refractivity contribution in [2.24, 2.45) is 7.05 Å². The largest absolute Gasteiger partial charge is 0.383 e. The molecule has 1 aliphatic heterocycles. The van der Waals surface area contributed by atoms with E-state index in [0.717, 1.165) is 51.3 Å². The van der Waals surface area contributed by atoms with E-state index in [4.69, 9.17) is 4.74 Å². The van der Waals surface area contributed by atoms with E-state index < -0.39 is 0 Å². The Labute approximate surface area is 143 Å². The highest BCUT2D eigenvalue weighted by atomic mass is 16.5. The Morgan fingerprint density at radius 1 is 1.17 bits per heavy atom. The molecule has 5 heteroatoms. The first kappa shape index (κ1) is 17.0. The molecule has 0 spiro atoms. The van der Waals surface area contributed by atoms with E-state index in [2.05, 4.69) is 27.8 Å². The van der Waals surface area contributed by atoms with Crippen molar-refractivity contribution in [3.63, 3.8) is 0 Å². The monoisotopic (exact) mass is 329 g/mol. The summed E-state index contributed by atoms with van der Waals surface area (Å²) < 4.78 is 7.26. The van der Waals surface area contributed by atoms with Crippen molar-refractivity contribution in [1.29, 1.82) is 0 Å². The van der Waals surface area contributed by atoms with Gasteiger partial charge in [0.1, 0.15) is 0 Å². The number of aryl methyl sites for hydroxylation is 1. The molecule has 3 rings (SSSR count). The minimum absolute atomic E-state index is 0.236. The zero-order chi connectivity index (χ0) is 16.9. The third-order valence-electron chi connectivity index (χ3n) is 4.87. The fourth-order valence-electron chi connectivity index (χ4n) is 3.51. The highest BCUT2D eigenvalue weighted by molar-refractivity contribution is 5.89. The first-order chi connectivity index (χ1) is 11.7. The van der Waals surface area contributed by atoms with Gasteiger partial charge in [-0.1, -0.05) is 18.2 Å². The molecule has 0 N–H and O–H groups in total. The summed E-state index contributed by atoms with van der Waals surface area (Å²) in [4.78, 5) is 17.2. The summed E-state index contributed by atoms with van der Waals surface area (Å²) in [6, 6.07) is 8.28. The van der Waals surface area contributed by atoms with Gasteiger partial charge in [-0.25, -0.2) is 0 Å². The average molecular weight is 329 g/mol. The third-order valence-corrected chi connectivity index (χ3v) is 4.87.